The van der Waals surface area contributed by atoms with Crippen LogP contribution in [-0.2, 0) is 18.4 Å². The standard InChI is InChI=1S/C21H20ClN3O/c1-24-14-16(12-23-24)19-11-20(19)21(26)25(13-15-5-3-2-4-6-15)18-9-7-17(22)8-10-18/h2-10,12,14,19-20H,11,13H2,1H3/t19-,20-/m0/s1. The van der Waals surface area contributed by atoms with Gasteiger partial charge in [-0.1, -0.05) is 41.9 Å². The highest BCUT2D eigenvalue weighted by atomic mass is 35.5. The van der Waals surface area contributed by atoms with Gasteiger partial charge in [-0.2, -0.15) is 5.10 Å². The van der Waals surface area contributed by atoms with Crippen molar-refractivity contribution in [1.29, 1.82) is 0 Å². The Labute approximate surface area is 158 Å². The molecule has 0 spiro atoms. The van der Waals surface area contributed by atoms with E-state index in [4.69, 9.17) is 11.6 Å². The average Bonchev–Trinajstić information content (AvgIpc) is 3.34. The molecule has 3 aromatic rings. The zero-order valence-corrected chi connectivity index (χ0v) is 15.3. The fourth-order valence-corrected chi connectivity index (χ4v) is 3.48. The first-order chi connectivity index (χ1) is 12.6. The van der Waals surface area contributed by atoms with E-state index in [-0.39, 0.29) is 17.7 Å². The summed E-state index contributed by atoms with van der Waals surface area (Å²) in [7, 11) is 1.90. The van der Waals surface area contributed by atoms with Gasteiger partial charge in [0.15, 0.2) is 0 Å². The van der Waals surface area contributed by atoms with Crippen molar-refractivity contribution in [3.8, 4) is 0 Å². The van der Waals surface area contributed by atoms with Crippen LogP contribution in [0.4, 0.5) is 5.69 Å². The maximum absolute atomic E-state index is 13.3. The lowest BCUT2D eigenvalue weighted by Gasteiger charge is -2.23. The van der Waals surface area contributed by atoms with Gasteiger partial charge in [-0.3, -0.25) is 9.48 Å². The zero-order valence-electron chi connectivity index (χ0n) is 14.5. The molecule has 4 nitrogen and oxygen atoms in total. The molecule has 26 heavy (non-hydrogen) atoms. The number of hydrogen-bond donors (Lipinski definition) is 0. The molecule has 1 amide bonds. The van der Waals surface area contributed by atoms with Crippen LogP contribution in [0.25, 0.3) is 0 Å². The number of anilines is 1. The quantitative estimate of drug-likeness (QED) is 0.671. The molecule has 1 fully saturated rings. The lowest BCUT2D eigenvalue weighted by atomic mass is 10.1. The van der Waals surface area contributed by atoms with Crippen LogP contribution in [-0.4, -0.2) is 15.7 Å². The van der Waals surface area contributed by atoms with Crippen molar-refractivity contribution in [3.05, 3.63) is 83.1 Å². The first-order valence-corrected chi connectivity index (χ1v) is 9.09. The van der Waals surface area contributed by atoms with Crippen molar-refractivity contribution in [1.82, 2.24) is 9.78 Å². The number of aryl methyl sites for hydroxylation is 1. The lowest BCUT2D eigenvalue weighted by molar-refractivity contribution is -0.120. The number of carbonyl (C=O) groups is 1. The third-order valence-electron chi connectivity index (χ3n) is 4.85. The molecule has 1 saturated carbocycles. The molecule has 0 N–H and O–H groups in total. The number of amides is 1. The Bertz CT molecular complexity index is 905. The van der Waals surface area contributed by atoms with Crippen LogP contribution in [0, 0.1) is 5.92 Å². The summed E-state index contributed by atoms with van der Waals surface area (Å²) in [5.41, 5.74) is 3.12. The molecule has 1 aliphatic rings. The van der Waals surface area contributed by atoms with Crippen LogP contribution in [0.5, 0.6) is 0 Å². The summed E-state index contributed by atoms with van der Waals surface area (Å²) in [5.74, 6) is 0.436. The van der Waals surface area contributed by atoms with E-state index in [1.807, 2.05) is 78.9 Å². The number of carbonyl (C=O) groups excluding carboxylic acids is 1. The van der Waals surface area contributed by atoms with Gasteiger partial charge in [0.05, 0.1) is 12.7 Å². The van der Waals surface area contributed by atoms with Gasteiger partial charge in [0.2, 0.25) is 5.91 Å². The van der Waals surface area contributed by atoms with Crippen LogP contribution in [0.3, 0.4) is 0 Å². The minimum absolute atomic E-state index is 0.0126. The third kappa shape index (κ3) is 3.51. The van der Waals surface area contributed by atoms with Gasteiger partial charge in [-0.15, -0.1) is 0 Å². The predicted octanol–water partition coefficient (Wildman–Crippen LogP) is 4.41. The molecule has 2 aromatic carbocycles. The van der Waals surface area contributed by atoms with E-state index in [9.17, 15) is 4.79 Å². The predicted molar refractivity (Wildman–Crippen MR) is 103 cm³/mol. The second-order valence-corrected chi connectivity index (χ2v) is 7.22. The van der Waals surface area contributed by atoms with Gasteiger partial charge in [-0.25, -0.2) is 0 Å². The van der Waals surface area contributed by atoms with E-state index >= 15 is 0 Å². The fraction of sp³-hybridized carbons (Fsp3) is 0.238. The number of nitrogens with zero attached hydrogens (tertiary/aromatic N) is 3. The first kappa shape index (κ1) is 16.9. The Morgan fingerprint density at radius 3 is 2.58 bits per heavy atom. The number of benzene rings is 2. The smallest absolute Gasteiger partial charge is 0.231 e. The van der Waals surface area contributed by atoms with Crippen LogP contribution in [0.2, 0.25) is 5.02 Å². The molecule has 0 bridgehead atoms. The second kappa shape index (κ2) is 6.96. The van der Waals surface area contributed by atoms with Gasteiger partial charge in [0, 0.05) is 29.9 Å². The monoisotopic (exact) mass is 365 g/mol. The van der Waals surface area contributed by atoms with E-state index in [0.29, 0.717) is 11.6 Å². The SMILES string of the molecule is Cn1cc([C@@H]2C[C@@H]2C(=O)N(Cc2ccccc2)c2ccc(Cl)cc2)cn1. The molecule has 4 rings (SSSR count). The zero-order chi connectivity index (χ0) is 18.1. The van der Waals surface area contributed by atoms with Gasteiger partial charge in [0.25, 0.3) is 0 Å². The van der Waals surface area contributed by atoms with Crippen LogP contribution >= 0.6 is 11.6 Å². The molecule has 1 heterocycles. The molecule has 1 aliphatic carbocycles. The van der Waals surface area contributed by atoms with E-state index in [2.05, 4.69) is 5.10 Å². The molecule has 0 radical (unpaired) electrons. The highest BCUT2D eigenvalue weighted by Gasteiger charge is 2.46. The molecular weight excluding hydrogens is 346 g/mol. The maximum atomic E-state index is 13.3. The fourth-order valence-electron chi connectivity index (χ4n) is 3.35. The number of hydrogen-bond acceptors (Lipinski definition) is 2. The summed E-state index contributed by atoms with van der Waals surface area (Å²) in [6, 6.07) is 17.5. The summed E-state index contributed by atoms with van der Waals surface area (Å²) >= 11 is 6.02. The van der Waals surface area contributed by atoms with Crippen molar-refractivity contribution >= 4 is 23.2 Å². The largest absolute Gasteiger partial charge is 0.308 e. The molecule has 1 aromatic heterocycles. The normalized spacial score (nSPS) is 18.5. The number of halogens is 1. The topological polar surface area (TPSA) is 38.1 Å². The van der Waals surface area contributed by atoms with Crippen LogP contribution in [0.15, 0.2) is 67.0 Å². The van der Waals surface area contributed by atoms with E-state index in [1.54, 1.807) is 4.68 Å². The third-order valence-corrected chi connectivity index (χ3v) is 5.10. The molecule has 2 atom stereocenters. The van der Waals surface area contributed by atoms with Crippen molar-refractivity contribution < 1.29 is 4.79 Å². The maximum Gasteiger partial charge on any atom is 0.231 e. The van der Waals surface area contributed by atoms with Crippen LogP contribution in [0.1, 0.15) is 23.5 Å². The second-order valence-electron chi connectivity index (χ2n) is 6.78. The summed E-state index contributed by atoms with van der Waals surface area (Å²) in [5, 5.41) is 4.90. The van der Waals surface area contributed by atoms with Gasteiger partial charge in [-0.05, 0) is 47.7 Å². The van der Waals surface area contributed by atoms with Crippen LogP contribution < -0.4 is 4.90 Å². The minimum atomic E-state index is 0.0126. The molecule has 5 heteroatoms. The van der Waals surface area contributed by atoms with E-state index < -0.39 is 0 Å². The summed E-state index contributed by atoms with van der Waals surface area (Å²) in [6.07, 6.45) is 4.74. The molecular formula is C21H20ClN3O. The molecule has 0 unspecified atom stereocenters. The minimum Gasteiger partial charge on any atom is -0.308 e. The Hall–Kier alpha value is -2.59. The van der Waals surface area contributed by atoms with E-state index in [0.717, 1.165) is 23.2 Å². The molecule has 0 aliphatic heterocycles. The van der Waals surface area contributed by atoms with E-state index in [1.165, 1.54) is 0 Å². The summed E-state index contributed by atoms with van der Waals surface area (Å²) in [4.78, 5) is 15.1. The first-order valence-electron chi connectivity index (χ1n) is 8.71. The van der Waals surface area contributed by atoms with Crippen molar-refractivity contribution in [2.45, 2.75) is 18.9 Å². The van der Waals surface area contributed by atoms with Gasteiger partial charge >= 0.3 is 0 Å². The Morgan fingerprint density at radius 2 is 1.92 bits per heavy atom. The molecule has 132 valence electrons. The lowest BCUT2D eigenvalue weighted by Crippen LogP contribution is -2.32. The summed E-state index contributed by atoms with van der Waals surface area (Å²) < 4.78 is 1.79. The van der Waals surface area contributed by atoms with Crippen molar-refractivity contribution in [2.75, 3.05) is 4.90 Å². The Kier molecular flexibility index (Phi) is 4.51. The number of aromatic nitrogens is 2. The van der Waals surface area contributed by atoms with Crippen molar-refractivity contribution in [3.63, 3.8) is 0 Å². The van der Waals surface area contributed by atoms with Gasteiger partial charge in [0.1, 0.15) is 0 Å². The summed E-state index contributed by atoms with van der Waals surface area (Å²) in [6.45, 7) is 0.553. The highest BCUT2D eigenvalue weighted by molar-refractivity contribution is 6.30. The Balaban J connectivity index is 1.58. The molecule has 0 saturated heterocycles. The average molecular weight is 366 g/mol. The Morgan fingerprint density at radius 1 is 1.19 bits per heavy atom. The van der Waals surface area contributed by atoms with Gasteiger partial charge < -0.3 is 4.90 Å². The number of rotatable bonds is 5. The van der Waals surface area contributed by atoms with Crippen molar-refractivity contribution in [2.24, 2.45) is 13.0 Å². The highest BCUT2D eigenvalue weighted by Crippen LogP contribution is 2.49.